The minimum absolute atomic E-state index is 0. The maximum Gasteiger partial charge on any atom is -0.0134 e. The average molecular weight is 1690 g/mol. The van der Waals surface area contributed by atoms with E-state index in [1.54, 1.807) is 0 Å². The summed E-state index contributed by atoms with van der Waals surface area (Å²) < 4.78 is 0. The summed E-state index contributed by atoms with van der Waals surface area (Å²) in [5, 5.41) is 25.2. The molecule has 18 aromatic carbocycles. The number of hydrogen-bond donors (Lipinski definition) is 0. The second-order valence-electron chi connectivity index (χ2n) is 26.1. The molecule has 600 valence electrons. The van der Waals surface area contributed by atoms with E-state index in [1.165, 1.54) is 95.5 Å². The molecule has 0 aromatic heterocycles. The molecule has 0 heterocycles. The van der Waals surface area contributed by atoms with Crippen LogP contribution in [0, 0.1) is 0 Å². The molecule has 0 spiro atoms. The lowest BCUT2D eigenvalue weighted by molar-refractivity contribution is 1.11. The first-order valence-electron chi connectivity index (χ1n) is 38.4. The van der Waals surface area contributed by atoms with Crippen LogP contribution in [0.3, 0.4) is 0 Å². The first-order valence-corrected chi connectivity index (χ1v) is 46.5. The molecule has 0 aliphatic carbocycles. The number of halogens is 6. The van der Waals surface area contributed by atoms with Gasteiger partial charge in [-0.15, -0.1) is 0 Å². The Hall–Kier alpha value is -11.9. The lowest BCUT2D eigenvalue weighted by atomic mass is 10.4. The van der Waals surface area contributed by atoms with E-state index in [-0.39, 0.29) is 28.2 Å². The molecule has 0 atom stereocenters. The molecule has 18 rings (SSSR count). The van der Waals surface area contributed by atoms with Gasteiger partial charge in [-0.25, -0.2) is 0 Å². The zero-order chi connectivity index (χ0) is 77.5. The van der Waals surface area contributed by atoms with Crippen LogP contribution >= 0.6 is 47.5 Å². The second kappa shape index (κ2) is 53.5. The van der Waals surface area contributed by atoms with Gasteiger partial charge in [0.05, 0.1) is 0 Å². The fraction of sp³-hybridized carbons (Fsp3) is 0. The highest BCUT2D eigenvalue weighted by atomic mass is 31.1. The van der Waals surface area contributed by atoms with Crippen molar-refractivity contribution < 1.29 is 28.2 Å². The Morgan fingerprint density at radius 1 is 0.0667 bits per heavy atom. The Kier molecular flexibility index (Phi) is 42.5. The molecule has 0 aliphatic rings. The lowest BCUT2D eigenvalue weighted by Gasteiger charge is -2.18. The molecule has 18 aromatic rings. The van der Waals surface area contributed by atoms with Gasteiger partial charge in [0.1, 0.15) is 0 Å². The third-order valence-corrected chi connectivity index (χ3v) is 32.9. The van der Waals surface area contributed by atoms with Gasteiger partial charge in [-0.05, 0) is 143 Å². The predicted octanol–water partition coefficient (Wildman–Crippen LogP) is 21.6. The predicted molar refractivity (Wildman–Crippen MR) is 526 cm³/mol. The van der Waals surface area contributed by atoms with E-state index >= 15 is 0 Å². The van der Waals surface area contributed by atoms with Crippen molar-refractivity contribution in [2.75, 3.05) is 0 Å². The van der Waals surface area contributed by atoms with Crippen molar-refractivity contribution >= 4 is 143 Å². The van der Waals surface area contributed by atoms with E-state index in [0.29, 0.717) is 0 Å². The Labute approximate surface area is 712 Å². The van der Waals surface area contributed by atoms with Crippen molar-refractivity contribution in [1.82, 2.24) is 0 Å². The summed E-state index contributed by atoms with van der Waals surface area (Å²) in [4.78, 5) is 0. The molecule has 0 unspecified atom stereocenters. The molecule has 0 amide bonds. The molecule has 12 heteroatoms. The first kappa shape index (κ1) is 95.3. The molecule has 120 heavy (non-hydrogen) atoms. The van der Waals surface area contributed by atoms with E-state index in [0.717, 1.165) is 0 Å². The second-order valence-corrected chi connectivity index (χ2v) is 39.4. The molecule has 0 radical (unpaired) electrons. The summed E-state index contributed by atoms with van der Waals surface area (Å²) in [6.45, 7) is 0. The molecule has 0 N–H and O–H groups in total. The zero-order valence-electron chi connectivity index (χ0n) is 66.1. The van der Waals surface area contributed by atoms with Crippen LogP contribution in [-0.2, 0) is 0 Å². The number of rotatable bonds is 18. The fourth-order valence-corrected chi connectivity index (χ4v) is 26.9. The molecular weight excluding hydrogens is 1600 g/mol. The van der Waals surface area contributed by atoms with Crippen molar-refractivity contribution in [3.63, 3.8) is 0 Å². The van der Waals surface area contributed by atoms with Crippen LogP contribution in [0.25, 0.3) is 0 Å². The number of hydrogen-bond acceptors (Lipinski definition) is 0. The van der Waals surface area contributed by atoms with Crippen LogP contribution in [-0.4, -0.2) is 0 Å². The van der Waals surface area contributed by atoms with Crippen molar-refractivity contribution in [3.05, 3.63) is 546 Å². The van der Waals surface area contributed by atoms with Crippen LogP contribution < -0.4 is 95.5 Å². The van der Waals surface area contributed by atoms with E-state index in [2.05, 4.69) is 546 Å². The molecular formula is C108H96F6P6. The highest BCUT2D eigenvalue weighted by molar-refractivity contribution is 7.81. The highest BCUT2D eigenvalue weighted by Crippen LogP contribution is 2.37. The van der Waals surface area contributed by atoms with Crippen molar-refractivity contribution in [1.29, 1.82) is 0 Å². The highest BCUT2D eigenvalue weighted by Gasteiger charge is 2.21. The largest absolute Gasteiger partial charge is 0.269 e. The zero-order valence-corrected chi connectivity index (χ0v) is 71.5. The van der Waals surface area contributed by atoms with Crippen molar-refractivity contribution in [3.8, 4) is 0 Å². The third kappa shape index (κ3) is 28.1. The van der Waals surface area contributed by atoms with Crippen molar-refractivity contribution in [2.45, 2.75) is 0 Å². The third-order valence-electron chi connectivity index (χ3n) is 18.3. The smallest absolute Gasteiger partial charge is 0.0134 e. The SMILES string of the molecule is F.F.F.F.F.F.c1ccc(P(c2ccccc2)c2ccccc2)cc1.c1ccc(P(c2ccccc2)c2ccccc2)cc1.c1ccc(P(c2ccccc2)c2ccccc2)cc1.c1ccc(P(c2ccccc2)c2ccccc2)cc1.c1ccc(P(c2ccccc2)c2ccccc2)cc1.c1ccc(P(c2ccccc2)c2ccccc2)cc1. The van der Waals surface area contributed by atoms with Crippen LogP contribution in [0.1, 0.15) is 0 Å². The number of benzene rings is 18. The van der Waals surface area contributed by atoms with Crippen LogP contribution in [0.2, 0.25) is 0 Å². The van der Waals surface area contributed by atoms with E-state index in [4.69, 9.17) is 0 Å². The Balaban J connectivity index is 0.000000196. The Morgan fingerprint density at radius 2 is 0.108 bits per heavy atom. The van der Waals surface area contributed by atoms with Crippen molar-refractivity contribution in [2.24, 2.45) is 0 Å². The molecule has 0 saturated heterocycles. The lowest BCUT2D eigenvalue weighted by Crippen LogP contribution is -2.20. The van der Waals surface area contributed by atoms with E-state index in [1.807, 2.05) is 0 Å². The van der Waals surface area contributed by atoms with Gasteiger partial charge in [0.2, 0.25) is 0 Å². The van der Waals surface area contributed by atoms with Crippen LogP contribution in [0.15, 0.2) is 546 Å². The van der Waals surface area contributed by atoms with Gasteiger partial charge < -0.3 is 0 Å². The summed E-state index contributed by atoms with van der Waals surface area (Å²) in [5.41, 5.74) is 0. The first-order chi connectivity index (χ1) is 56.7. The maximum atomic E-state index is 2.23. The molecule has 0 bridgehead atoms. The van der Waals surface area contributed by atoms with Gasteiger partial charge in [-0.2, -0.15) is 0 Å². The van der Waals surface area contributed by atoms with Gasteiger partial charge in [0.25, 0.3) is 0 Å². The van der Waals surface area contributed by atoms with Gasteiger partial charge in [0.15, 0.2) is 0 Å². The maximum absolute atomic E-state index is 2.23. The normalized spacial score (nSPS) is 10.1. The van der Waals surface area contributed by atoms with Gasteiger partial charge in [-0.3, -0.25) is 28.2 Å². The molecule has 0 fully saturated rings. The standard InChI is InChI=1S/6C18H15P.6FH/c6*1-4-10-16(11-5-1)19(17-12-6-2-7-13-17)18-14-8-3-9-15-18;;;;;;/h6*1-15H;6*1H. The molecule has 0 nitrogen and oxygen atoms in total. The topological polar surface area (TPSA) is 0 Å². The van der Waals surface area contributed by atoms with Gasteiger partial charge in [0, 0.05) is 0 Å². The average Bonchev–Trinajstić information content (AvgIpc) is 0.853. The summed E-state index contributed by atoms with van der Waals surface area (Å²) in [6, 6.07) is 194. The van der Waals surface area contributed by atoms with Crippen LogP contribution in [0.4, 0.5) is 28.2 Å². The molecule has 0 saturated carbocycles. The van der Waals surface area contributed by atoms with Gasteiger partial charge in [-0.1, -0.05) is 546 Å². The quantitative estimate of drug-likeness (QED) is 0.0593. The fourth-order valence-electron chi connectivity index (χ4n) is 13.1. The van der Waals surface area contributed by atoms with Crippen LogP contribution in [0.5, 0.6) is 0 Å². The molecule has 0 aliphatic heterocycles. The summed E-state index contributed by atoms with van der Waals surface area (Å²) >= 11 is 0. The van der Waals surface area contributed by atoms with Gasteiger partial charge >= 0.3 is 0 Å². The summed E-state index contributed by atoms with van der Waals surface area (Å²) in [7, 11) is -2.68. The minimum Gasteiger partial charge on any atom is -0.269 e. The van der Waals surface area contributed by atoms with E-state index in [9.17, 15) is 0 Å². The monoisotopic (exact) mass is 1690 g/mol. The summed E-state index contributed by atoms with van der Waals surface area (Å²) in [5.74, 6) is 0. The van der Waals surface area contributed by atoms with E-state index < -0.39 is 47.5 Å². The Bertz CT molecular complexity index is 4100. The minimum atomic E-state index is -0.446. The Morgan fingerprint density at radius 3 is 0.150 bits per heavy atom. The summed E-state index contributed by atoms with van der Waals surface area (Å²) in [6.07, 6.45) is 0.